The number of ether oxygens (including phenoxy) is 1. The maximum absolute atomic E-state index is 15.3. The summed E-state index contributed by atoms with van der Waals surface area (Å²) in [6, 6.07) is 7.40. The molecular formula is C24H27FN4O3. The van der Waals surface area contributed by atoms with E-state index < -0.39 is 5.92 Å². The Kier molecular flexibility index (Phi) is 5.43. The summed E-state index contributed by atoms with van der Waals surface area (Å²) in [6.45, 7) is 6.14. The molecule has 2 aliphatic heterocycles. The molecule has 168 valence electrons. The van der Waals surface area contributed by atoms with E-state index in [1.807, 2.05) is 32.0 Å². The number of carbonyl (C=O) groups excluding carboxylic acids is 1. The standard InChI is InChI=1S/C24H27FN4O3/c1-13-14(2)22(25)18(24(31)29-11-20-21(12-29)32-8-7-26-20)9-15(13)10-19-16-5-3-4-6-17(16)23(30)28-27-19/h3-6,9,13-14,20-21,26H,7-8,10-12H2,1-2H3,(H,28,30). The predicted molar refractivity (Wildman–Crippen MR) is 119 cm³/mol. The van der Waals surface area contributed by atoms with E-state index in [9.17, 15) is 9.59 Å². The molecule has 1 aliphatic carbocycles. The monoisotopic (exact) mass is 438 g/mol. The van der Waals surface area contributed by atoms with Crippen LogP contribution in [0.1, 0.15) is 19.5 Å². The number of likely N-dealkylation sites (tertiary alicyclic amines) is 1. The van der Waals surface area contributed by atoms with Crippen LogP contribution in [0.4, 0.5) is 4.39 Å². The van der Waals surface area contributed by atoms with Gasteiger partial charge in [-0.15, -0.1) is 0 Å². The van der Waals surface area contributed by atoms with Gasteiger partial charge in [0.25, 0.3) is 11.5 Å². The lowest BCUT2D eigenvalue weighted by atomic mass is 9.79. The van der Waals surface area contributed by atoms with Crippen LogP contribution in [0.2, 0.25) is 0 Å². The predicted octanol–water partition coefficient (Wildman–Crippen LogP) is 2.10. The Morgan fingerprint density at radius 2 is 2.00 bits per heavy atom. The van der Waals surface area contributed by atoms with Crippen LogP contribution in [0, 0.1) is 11.8 Å². The first-order chi connectivity index (χ1) is 15.4. The summed E-state index contributed by atoms with van der Waals surface area (Å²) in [7, 11) is 0. The molecule has 8 heteroatoms. The summed E-state index contributed by atoms with van der Waals surface area (Å²) in [5, 5.41) is 11.5. The first-order valence-corrected chi connectivity index (χ1v) is 11.1. The van der Waals surface area contributed by atoms with Crippen molar-refractivity contribution in [3.63, 3.8) is 0 Å². The summed E-state index contributed by atoms with van der Waals surface area (Å²) >= 11 is 0. The van der Waals surface area contributed by atoms with Crippen molar-refractivity contribution in [1.29, 1.82) is 0 Å². The fourth-order valence-corrected chi connectivity index (χ4v) is 4.98. The third kappa shape index (κ3) is 3.57. The van der Waals surface area contributed by atoms with Gasteiger partial charge < -0.3 is 15.0 Å². The molecule has 3 heterocycles. The summed E-state index contributed by atoms with van der Waals surface area (Å²) in [6.07, 6.45) is 2.08. The second-order valence-corrected chi connectivity index (χ2v) is 8.96. The molecule has 5 rings (SSSR count). The molecular weight excluding hydrogens is 411 g/mol. The number of aromatic amines is 1. The molecule has 2 fully saturated rings. The van der Waals surface area contributed by atoms with Gasteiger partial charge in [-0.05, 0) is 18.1 Å². The zero-order valence-corrected chi connectivity index (χ0v) is 18.2. The lowest BCUT2D eigenvalue weighted by Crippen LogP contribution is -2.47. The van der Waals surface area contributed by atoms with Gasteiger partial charge >= 0.3 is 0 Å². The van der Waals surface area contributed by atoms with Crippen molar-refractivity contribution in [1.82, 2.24) is 20.4 Å². The number of benzene rings is 1. The van der Waals surface area contributed by atoms with E-state index in [1.54, 1.807) is 17.0 Å². The van der Waals surface area contributed by atoms with Gasteiger partial charge in [0.1, 0.15) is 5.83 Å². The largest absolute Gasteiger partial charge is 0.373 e. The number of carbonyl (C=O) groups is 1. The second-order valence-electron chi connectivity index (χ2n) is 8.96. The van der Waals surface area contributed by atoms with Gasteiger partial charge in [0.05, 0.1) is 35.4 Å². The van der Waals surface area contributed by atoms with Gasteiger partial charge in [-0.2, -0.15) is 5.10 Å². The Hall–Kier alpha value is -2.84. The molecule has 0 spiro atoms. The van der Waals surface area contributed by atoms with Crippen molar-refractivity contribution in [3.05, 3.63) is 63.4 Å². The van der Waals surface area contributed by atoms with Crippen LogP contribution in [-0.2, 0) is 16.0 Å². The number of rotatable bonds is 3. The molecule has 1 aromatic carbocycles. The molecule has 4 unspecified atom stereocenters. The molecule has 0 radical (unpaired) electrons. The number of hydrogen-bond acceptors (Lipinski definition) is 5. The molecule has 1 aromatic heterocycles. The van der Waals surface area contributed by atoms with Crippen molar-refractivity contribution < 1.29 is 13.9 Å². The van der Waals surface area contributed by atoms with Gasteiger partial charge in [-0.1, -0.05) is 37.6 Å². The maximum Gasteiger partial charge on any atom is 0.272 e. The van der Waals surface area contributed by atoms with Crippen molar-refractivity contribution in [2.45, 2.75) is 32.4 Å². The quantitative estimate of drug-likeness (QED) is 0.767. The molecule has 0 bridgehead atoms. The van der Waals surface area contributed by atoms with Gasteiger partial charge in [0.15, 0.2) is 0 Å². The van der Waals surface area contributed by atoms with Gasteiger partial charge in [-0.3, -0.25) is 9.59 Å². The number of nitrogens with zero attached hydrogens (tertiary/aromatic N) is 2. The number of nitrogens with one attached hydrogen (secondary N) is 2. The lowest BCUT2D eigenvalue weighted by molar-refractivity contribution is -0.126. The number of hydrogen-bond donors (Lipinski definition) is 2. The molecule has 2 saturated heterocycles. The summed E-state index contributed by atoms with van der Waals surface area (Å²) in [4.78, 5) is 27.1. The van der Waals surface area contributed by atoms with E-state index in [0.29, 0.717) is 37.2 Å². The first kappa shape index (κ1) is 21.0. The van der Waals surface area contributed by atoms with Gasteiger partial charge in [0.2, 0.25) is 0 Å². The van der Waals surface area contributed by atoms with E-state index in [2.05, 4.69) is 15.5 Å². The van der Waals surface area contributed by atoms with Crippen LogP contribution >= 0.6 is 0 Å². The molecule has 7 nitrogen and oxygen atoms in total. The van der Waals surface area contributed by atoms with Crippen LogP contribution in [0.3, 0.4) is 0 Å². The Labute approximate surface area is 185 Å². The van der Waals surface area contributed by atoms with Crippen molar-refractivity contribution in [3.8, 4) is 0 Å². The van der Waals surface area contributed by atoms with Crippen LogP contribution in [0.5, 0.6) is 0 Å². The number of fused-ring (bicyclic) bond motifs is 2. The molecule has 0 saturated carbocycles. The molecule has 3 aliphatic rings. The smallest absolute Gasteiger partial charge is 0.272 e. The van der Waals surface area contributed by atoms with Crippen LogP contribution in [0.25, 0.3) is 10.8 Å². The van der Waals surface area contributed by atoms with E-state index in [4.69, 9.17) is 4.74 Å². The maximum atomic E-state index is 15.3. The molecule has 2 aromatic rings. The first-order valence-electron chi connectivity index (χ1n) is 11.1. The van der Waals surface area contributed by atoms with Crippen LogP contribution in [0.15, 0.2) is 52.1 Å². The van der Waals surface area contributed by atoms with E-state index in [0.717, 1.165) is 17.5 Å². The topological polar surface area (TPSA) is 87.3 Å². The summed E-state index contributed by atoms with van der Waals surface area (Å²) in [5.41, 5.74) is 1.52. The molecule has 2 N–H and O–H groups in total. The number of aromatic nitrogens is 2. The average Bonchev–Trinajstić information content (AvgIpc) is 3.25. The number of allylic oxidation sites excluding steroid dienone is 2. The highest BCUT2D eigenvalue weighted by molar-refractivity contribution is 5.97. The Bertz CT molecular complexity index is 1170. The van der Waals surface area contributed by atoms with E-state index in [-0.39, 0.29) is 40.9 Å². The Balaban J connectivity index is 1.46. The van der Waals surface area contributed by atoms with Gasteiger partial charge in [0, 0.05) is 37.4 Å². The molecule has 1 amide bonds. The van der Waals surface area contributed by atoms with Crippen LogP contribution < -0.4 is 10.9 Å². The zero-order chi connectivity index (χ0) is 22.4. The van der Waals surface area contributed by atoms with Crippen molar-refractivity contribution in [2.24, 2.45) is 11.8 Å². The minimum Gasteiger partial charge on any atom is -0.373 e. The van der Waals surface area contributed by atoms with Crippen molar-refractivity contribution >= 4 is 16.7 Å². The summed E-state index contributed by atoms with van der Waals surface area (Å²) in [5.74, 6) is -1.17. The lowest BCUT2D eigenvalue weighted by Gasteiger charge is -2.29. The number of morpholine rings is 1. The third-order valence-corrected chi connectivity index (χ3v) is 7.09. The van der Waals surface area contributed by atoms with E-state index in [1.165, 1.54) is 0 Å². The SMILES string of the molecule is CC1C(Cc2n[nH]c(=O)c3ccccc23)=CC(C(=O)N2CC3NCCOC3C2)=C(F)C1C. The highest BCUT2D eigenvalue weighted by Crippen LogP contribution is 2.38. The van der Waals surface area contributed by atoms with Crippen LogP contribution in [-0.4, -0.2) is 59.4 Å². The minimum atomic E-state index is -0.415. The number of H-pyrrole nitrogens is 1. The fraction of sp³-hybridized carbons (Fsp3) is 0.458. The summed E-state index contributed by atoms with van der Waals surface area (Å²) < 4.78 is 21.0. The molecule has 4 atom stereocenters. The highest BCUT2D eigenvalue weighted by atomic mass is 19.1. The average molecular weight is 439 g/mol. The fourth-order valence-electron chi connectivity index (χ4n) is 4.98. The minimum absolute atomic E-state index is 0.0449. The highest BCUT2D eigenvalue weighted by Gasteiger charge is 2.40. The normalized spacial score (nSPS) is 28.1. The second kappa shape index (κ2) is 8.26. The Morgan fingerprint density at radius 1 is 1.22 bits per heavy atom. The zero-order valence-electron chi connectivity index (χ0n) is 18.2. The third-order valence-electron chi connectivity index (χ3n) is 7.09. The van der Waals surface area contributed by atoms with E-state index >= 15 is 4.39 Å². The van der Waals surface area contributed by atoms with Crippen molar-refractivity contribution in [2.75, 3.05) is 26.2 Å². The Morgan fingerprint density at radius 3 is 2.78 bits per heavy atom. The number of halogens is 1. The number of amides is 1. The van der Waals surface area contributed by atoms with Gasteiger partial charge in [-0.25, -0.2) is 9.49 Å². The molecule has 32 heavy (non-hydrogen) atoms.